The molecule has 0 saturated carbocycles. The Kier molecular flexibility index (Phi) is 4.98. The van der Waals surface area contributed by atoms with Crippen molar-refractivity contribution in [2.75, 3.05) is 26.2 Å². The summed E-state index contributed by atoms with van der Waals surface area (Å²) in [7, 11) is 0. The molecule has 1 fully saturated rings. The smallest absolute Gasteiger partial charge is 0.253 e. The minimum Gasteiger partial charge on any atom is -0.336 e. The summed E-state index contributed by atoms with van der Waals surface area (Å²) < 4.78 is 0. The number of carbonyl (C=O) groups is 1. The van der Waals surface area contributed by atoms with Crippen LogP contribution < -0.4 is 0 Å². The van der Waals surface area contributed by atoms with E-state index in [0.29, 0.717) is 11.4 Å². The summed E-state index contributed by atoms with van der Waals surface area (Å²) in [4.78, 5) is 21.3. The summed E-state index contributed by atoms with van der Waals surface area (Å²) in [6.07, 6.45) is 1.48. The molecule has 6 heteroatoms. The molecule has 1 aromatic heterocycles. The summed E-state index contributed by atoms with van der Waals surface area (Å²) in [5, 5.41) is 6.69. The summed E-state index contributed by atoms with van der Waals surface area (Å²) in [5.41, 5.74) is 4.25. The second kappa shape index (κ2) is 7.72. The molecule has 0 bridgehead atoms. The van der Waals surface area contributed by atoms with Crippen LogP contribution in [0.15, 0.2) is 54.9 Å². The van der Waals surface area contributed by atoms with Gasteiger partial charge in [0, 0.05) is 43.9 Å². The van der Waals surface area contributed by atoms with Crippen LogP contribution in [0.3, 0.4) is 0 Å². The van der Waals surface area contributed by atoms with Crippen LogP contribution in [-0.2, 0) is 6.54 Å². The van der Waals surface area contributed by atoms with Crippen molar-refractivity contribution in [1.29, 1.82) is 0 Å². The lowest BCUT2D eigenvalue weighted by atomic mass is 10.1. The molecular formula is C21H23N5O. The zero-order valence-electron chi connectivity index (χ0n) is 15.4. The molecule has 3 aromatic rings. The zero-order chi connectivity index (χ0) is 18.6. The number of H-pyrrole nitrogens is 1. The fraction of sp³-hybridized carbons (Fsp3) is 0.286. The number of aromatic amines is 1. The average Bonchev–Trinajstić information content (AvgIpc) is 3.23. The van der Waals surface area contributed by atoms with Crippen LogP contribution in [0, 0.1) is 6.92 Å². The number of piperazine rings is 1. The van der Waals surface area contributed by atoms with E-state index >= 15 is 0 Å². The molecule has 27 heavy (non-hydrogen) atoms. The van der Waals surface area contributed by atoms with E-state index in [4.69, 9.17) is 0 Å². The second-order valence-corrected chi connectivity index (χ2v) is 6.97. The first-order chi connectivity index (χ1) is 13.2. The number of hydrogen-bond acceptors (Lipinski definition) is 4. The molecule has 1 aliphatic heterocycles. The Morgan fingerprint density at radius 1 is 1.07 bits per heavy atom. The fourth-order valence-electron chi connectivity index (χ4n) is 3.48. The number of hydrogen-bond donors (Lipinski definition) is 1. The first kappa shape index (κ1) is 17.4. The van der Waals surface area contributed by atoms with Gasteiger partial charge in [0.2, 0.25) is 0 Å². The molecule has 1 amide bonds. The van der Waals surface area contributed by atoms with Crippen molar-refractivity contribution in [3.63, 3.8) is 0 Å². The van der Waals surface area contributed by atoms with Gasteiger partial charge in [-0.25, -0.2) is 4.98 Å². The molecular weight excluding hydrogens is 338 g/mol. The Balaban J connectivity index is 1.34. The van der Waals surface area contributed by atoms with Crippen LogP contribution in [0.25, 0.3) is 11.4 Å². The molecule has 4 rings (SSSR count). The van der Waals surface area contributed by atoms with Crippen LogP contribution in [0.1, 0.15) is 21.5 Å². The highest BCUT2D eigenvalue weighted by atomic mass is 16.2. The van der Waals surface area contributed by atoms with E-state index in [9.17, 15) is 4.79 Å². The van der Waals surface area contributed by atoms with Gasteiger partial charge in [0.05, 0.1) is 0 Å². The predicted octanol–water partition coefficient (Wildman–Crippen LogP) is 2.74. The van der Waals surface area contributed by atoms with E-state index in [1.165, 1.54) is 17.5 Å². The molecule has 0 atom stereocenters. The molecule has 6 nitrogen and oxygen atoms in total. The lowest BCUT2D eigenvalue weighted by Gasteiger charge is -2.34. The number of amides is 1. The van der Waals surface area contributed by atoms with Crippen molar-refractivity contribution >= 4 is 5.91 Å². The van der Waals surface area contributed by atoms with Crippen molar-refractivity contribution in [3.05, 3.63) is 71.5 Å². The maximum atomic E-state index is 12.8. The summed E-state index contributed by atoms with van der Waals surface area (Å²) in [5.74, 6) is 0.799. The molecule has 0 spiro atoms. The van der Waals surface area contributed by atoms with Gasteiger partial charge in [-0.05, 0) is 24.6 Å². The third-order valence-electron chi connectivity index (χ3n) is 4.97. The van der Waals surface area contributed by atoms with Crippen LogP contribution >= 0.6 is 0 Å². The topological polar surface area (TPSA) is 65.1 Å². The minimum absolute atomic E-state index is 0.0920. The van der Waals surface area contributed by atoms with Crippen molar-refractivity contribution in [1.82, 2.24) is 25.0 Å². The van der Waals surface area contributed by atoms with Crippen LogP contribution in [0.5, 0.6) is 0 Å². The first-order valence-electron chi connectivity index (χ1n) is 9.22. The summed E-state index contributed by atoms with van der Waals surface area (Å²) in [6.45, 7) is 6.37. The van der Waals surface area contributed by atoms with Crippen LogP contribution in [0.4, 0.5) is 0 Å². The Hall–Kier alpha value is -2.99. The van der Waals surface area contributed by atoms with Gasteiger partial charge in [0.15, 0.2) is 5.82 Å². The number of nitrogens with one attached hydrogen (secondary N) is 1. The molecule has 2 heterocycles. The first-order valence-corrected chi connectivity index (χ1v) is 9.22. The largest absolute Gasteiger partial charge is 0.336 e. The lowest BCUT2D eigenvalue weighted by molar-refractivity contribution is 0.0628. The third kappa shape index (κ3) is 4.06. The van der Waals surface area contributed by atoms with Gasteiger partial charge in [-0.15, -0.1) is 0 Å². The fourth-order valence-corrected chi connectivity index (χ4v) is 3.48. The standard InChI is InChI=1S/C21H23N5O/c1-16-3-2-4-17(13-16)14-25-9-11-26(12-10-25)21(27)19-7-5-18(6-8-19)20-22-15-23-24-20/h2-8,13,15H,9-12,14H2,1H3,(H,22,23,24). The quantitative estimate of drug-likeness (QED) is 0.776. The van der Waals surface area contributed by atoms with Crippen LogP contribution in [-0.4, -0.2) is 57.1 Å². The van der Waals surface area contributed by atoms with Gasteiger partial charge in [-0.3, -0.25) is 14.8 Å². The zero-order valence-corrected chi connectivity index (χ0v) is 15.4. The van der Waals surface area contributed by atoms with Crippen molar-refractivity contribution in [3.8, 4) is 11.4 Å². The number of benzene rings is 2. The molecule has 2 aromatic carbocycles. The highest BCUT2D eigenvalue weighted by molar-refractivity contribution is 5.94. The van der Waals surface area contributed by atoms with Gasteiger partial charge in [0.25, 0.3) is 5.91 Å². The minimum atomic E-state index is 0.0920. The van der Waals surface area contributed by atoms with Crippen molar-refractivity contribution in [2.24, 2.45) is 0 Å². The Bertz CT molecular complexity index is 897. The van der Waals surface area contributed by atoms with E-state index in [1.807, 2.05) is 29.2 Å². The second-order valence-electron chi connectivity index (χ2n) is 6.97. The van der Waals surface area contributed by atoms with E-state index in [0.717, 1.165) is 38.3 Å². The van der Waals surface area contributed by atoms with E-state index in [-0.39, 0.29) is 5.91 Å². The van der Waals surface area contributed by atoms with Gasteiger partial charge < -0.3 is 4.90 Å². The molecule has 0 aliphatic carbocycles. The van der Waals surface area contributed by atoms with Gasteiger partial charge in [-0.1, -0.05) is 42.0 Å². The molecule has 138 valence electrons. The molecule has 1 saturated heterocycles. The number of aromatic nitrogens is 3. The van der Waals surface area contributed by atoms with E-state index < -0.39 is 0 Å². The maximum Gasteiger partial charge on any atom is 0.253 e. The summed E-state index contributed by atoms with van der Waals surface area (Å²) in [6, 6.07) is 16.1. The highest BCUT2D eigenvalue weighted by Crippen LogP contribution is 2.17. The number of aryl methyl sites for hydroxylation is 1. The number of carbonyl (C=O) groups excluding carboxylic acids is 1. The molecule has 1 aliphatic rings. The normalized spacial score (nSPS) is 15.1. The Morgan fingerprint density at radius 3 is 2.52 bits per heavy atom. The third-order valence-corrected chi connectivity index (χ3v) is 4.97. The lowest BCUT2D eigenvalue weighted by Crippen LogP contribution is -2.48. The maximum absolute atomic E-state index is 12.8. The number of rotatable bonds is 4. The number of nitrogens with zero attached hydrogens (tertiary/aromatic N) is 4. The van der Waals surface area contributed by atoms with Crippen molar-refractivity contribution < 1.29 is 4.79 Å². The average molecular weight is 361 g/mol. The van der Waals surface area contributed by atoms with Crippen LogP contribution in [0.2, 0.25) is 0 Å². The van der Waals surface area contributed by atoms with Gasteiger partial charge >= 0.3 is 0 Å². The Morgan fingerprint density at radius 2 is 1.85 bits per heavy atom. The van der Waals surface area contributed by atoms with Gasteiger partial charge in [0.1, 0.15) is 6.33 Å². The molecule has 1 N–H and O–H groups in total. The van der Waals surface area contributed by atoms with Crippen molar-refractivity contribution in [2.45, 2.75) is 13.5 Å². The predicted molar refractivity (Wildman–Crippen MR) is 104 cm³/mol. The molecule has 0 unspecified atom stereocenters. The monoisotopic (exact) mass is 361 g/mol. The molecule has 0 radical (unpaired) electrons. The van der Waals surface area contributed by atoms with E-state index in [2.05, 4.69) is 51.3 Å². The van der Waals surface area contributed by atoms with E-state index in [1.54, 1.807) is 0 Å². The Labute approximate surface area is 158 Å². The summed E-state index contributed by atoms with van der Waals surface area (Å²) >= 11 is 0. The highest BCUT2D eigenvalue weighted by Gasteiger charge is 2.22. The SMILES string of the molecule is Cc1cccc(CN2CCN(C(=O)c3ccc(-c4ncn[nH]4)cc3)CC2)c1. The van der Waals surface area contributed by atoms with Gasteiger partial charge in [-0.2, -0.15) is 5.10 Å².